The number of likely N-dealkylation sites (N-methyl/N-ethyl adjacent to an activating group) is 1. The zero-order valence-electron chi connectivity index (χ0n) is 17.1. The van der Waals surface area contributed by atoms with E-state index in [4.69, 9.17) is 21.7 Å². The van der Waals surface area contributed by atoms with Crippen molar-refractivity contribution < 1.29 is 23.9 Å². The highest BCUT2D eigenvalue weighted by Gasteiger charge is 2.44. The number of carbonyl (C=O) groups excluding carboxylic acids is 3. The normalized spacial score (nSPS) is 16.7. The summed E-state index contributed by atoms with van der Waals surface area (Å²) >= 11 is 5.30. The lowest BCUT2D eigenvalue weighted by atomic mass is 10.2. The molecule has 1 aliphatic rings. The van der Waals surface area contributed by atoms with E-state index in [1.54, 1.807) is 59.1 Å². The van der Waals surface area contributed by atoms with Gasteiger partial charge in [-0.1, -0.05) is 0 Å². The number of hydrogen-bond acceptors (Lipinski definition) is 6. The molecule has 1 aromatic carbocycles. The van der Waals surface area contributed by atoms with E-state index in [1.807, 2.05) is 0 Å². The van der Waals surface area contributed by atoms with Crippen LogP contribution >= 0.6 is 12.2 Å². The minimum absolute atomic E-state index is 0.116. The molecule has 2 rings (SSSR count). The molecule has 1 saturated heterocycles. The molecule has 1 fully saturated rings. The summed E-state index contributed by atoms with van der Waals surface area (Å²) in [6.45, 7) is 7.24. The molecule has 0 spiro atoms. The lowest BCUT2D eigenvalue weighted by Gasteiger charge is -2.26. The fourth-order valence-corrected chi connectivity index (χ4v) is 3.10. The van der Waals surface area contributed by atoms with Crippen molar-refractivity contribution in [2.24, 2.45) is 0 Å². The molecule has 0 bridgehead atoms. The molecule has 2 N–H and O–H groups in total. The summed E-state index contributed by atoms with van der Waals surface area (Å²) in [4.78, 5) is 38.7. The molecule has 1 atom stereocenters. The SMILES string of the molecule is CCN1C(=O)C(CC(=O)Nc2ccc(OC)cc2)N(NC(=O)OC(C)(C)C)C1=S. The Balaban J connectivity index is 2.10. The monoisotopic (exact) mass is 422 g/mol. The topological polar surface area (TPSA) is 100 Å². The van der Waals surface area contributed by atoms with Gasteiger partial charge in [-0.25, -0.2) is 15.2 Å². The molecule has 0 aliphatic carbocycles. The first kappa shape index (κ1) is 22.4. The minimum Gasteiger partial charge on any atom is -0.497 e. The van der Waals surface area contributed by atoms with Crippen molar-refractivity contribution in [3.05, 3.63) is 24.3 Å². The van der Waals surface area contributed by atoms with Crippen LogP contribution in [0.25, 0.3) is 0 Å². The Hall–Kier alpha value is -2.88. The van der Waals surface area contributed by atoms with Gasteiger partial charge < -0.3 is 14.8 Å². The van der Waals surface area contributed by atoms with Crippen molar-refractivity contribution in [2.45, 2.75) is 45.8 Å². The Morgan fingerprint density at radius 2 is 1.83 bits per heavy atom. The minimum atomic E-state index is -0.965. The van der Waals surface area contributed by atoms with E-state index in [9.17, 15) is 14.4 Å². The van der Waals surface area contributed by atoms with Crippen LogP contribution in [-0.2, 0) is 14.3 Å². The van der Waals surface area contributed by atoms with Crippen LogP contribution in [0.4, 0.5) is 10.5 Å². The van der Waals surface area contributed by atoms with E-state index in [0.717, 1.165) is 0 Å². The zero-order chi connectivity index (χ0) is 21.8. The van der Waals surface area contributed by atoms with Gasteiger partial charge in [0.2, 0.25) is 5.91 Å². The number of anilines is 1. The second kappa shape index (κ2) is 9.08. The number of hydrogen-bond donors (Lipinski definition) is 2. The van der Waals surface area contributed by atoms with Crippen molar-refractivity contribution in [3.8, 4) is 5.75 Å². The van der Waals surface area contributed by atoms with Crippen LogP contribution in [0.3, 0.4) is 0 Å². The van der Waals surface area contributed by atoms with Crippen molar-refractivity contribution in [1.29, 1.82) is 0 Å². The number of ether oxygens (including phenoxy) is 2. The van der Waals surface area contributed by atoms with Crippen LogP contribution in [0, 0.1) is 0 Å². The quantitative estimate of drug-likeness (QED) is 0.679. The first-order valence-corrected chi connectivity index (χ1v) is 9.54. The summed E-state index contributed by atoms with van der Waals surface area (Å²) < 4.78 is 10.3. The fourth-order valence-electron chi connectivity index (χ4n) is 2.70. The molecule has 1 aliphatic heterocycles. The van der Waals surface area contributed by atoms with Gasteiger partial charge in [0.25, 0.3) is 5.91 Å². The Labute approximate surface area is 175 Å². The Morgan fingerprint density at radius 1 is 1.21 bits per heavy atom. The van der Waals surface area contributed by atoms with E-state index in [2.05, 4.69) is 10.7 Å². The average Bonchev–Trinajstić information content (AvgIpc) is 2.84. The van der Waals surface area contributed by atoms with Gasteiger partial charge in [0.15, 0.2) is 5.11 Å². The summed E-state index contributed by atoms with van der Waals surface area (Å²) in [5.74, 6) is -0.102. The lowest BCUT2D eigenvalue weighted by molar-refractivity contribution is -0.131. The smallest absolute Gasteiger partial charge is 0.426 e. The van der Waals surface area contributed by atoms with E-state index in [1.165, 1.54) is 9.91 Å². The Bertz CT molecular complexity index is 791. The van der Waals surface area contributed by atoms with Crippen LogP contribution in [0.5, 0.6) is 5.75 Å². The molecule has 29 heavy (non-hydrogen) atoms. The van der Waals surface area contributed by atoms with Crippen molar-refractivity contribution in [2.75, 3.05) is 19.0 Å². The third kappa shape index (κ3) is 5.80. The number of hydrazine groups is 1. The molecule has 1 unspecified atom stereocenters. The molecule has 0 radical (unpaired) electrons. The van der Waals surface area contributed by atoms with Crippen molar-refractivity contribution in [3.63, 3.8) is 0 Å². The van der Waals surface area contributed by atoms with Crippen LogP contribution < -0.4 is 15.5 Å². The highest BCUT2D eigenvalue weighted by Crippen LogP contribution is 2.21. The molecule has 158 valence electrons. The zero-order valence-corrected chi connectivity index (χ0v) is 18.0. The number of nitrogens with zero attached hydrogens (tertiary/aromatic N) is 2. The number of benzene rings is 1. The molecule has 10 heteroatoms. The molecule has 1 aromatic rings. The third-order valence-electron chi connectivity index (χ3n) is 3.98. The number of thiocarbonyl (C=S) groups is 1. The maximum absolute atomic E-state index is 12.7. The molecular weight excluding hydrogens is 396 g/mol. The van der Waals surface area contributed by atoms with Crippen LogP contribution in [0.2, 0.25) is 0 Å². The highest BCUT2D eigenvalue weighted by molar-refractivity contribution is 7.80. The average molecular weight is 423 g/mol. The molecule has 1 heterocycles. The predicted molar refractivity (Wildman–Crippen MR) is 111 cm³/mol. The number of methoxy groups -OCH3 is 1. The summed E-state index contributed by atoms with van der Waals surface area (Å²) in [5, 5.41) is 4.05. The van der Waals surface area contributed by atoms with E-state index < -0.39 is 23.6 Å². The molecule has 3 amide bonds. The molecular formula is C19H26N4O5S. The van der Waals surface area contributed by atoms with Gasteiger partial charge in [-0.15, -0.1) is 0 Å². The van der Waals surface area contributed by atoms with Crippen molar-refractivity contribution >= 4 is 40.9 Å². The summed E-state index contributed by atoms with van der Waals surface area (Å²) in [6, 6.07) is 5.83. The van der Waals surface area contributed by atoms with Crippen molar-refractivity contribution in [1.82, 2.24) is 15.3 Å². The van der Waals surface area contributed by atoms with Gasteiger partial charge in [0, 0.05) is 12.2 Å². The highest BCUT2D eigenvalue weighted by atomic mass is 32.1. The standard InChI is InChI=1S/C19H26N4O5S/c1-6-22-16(25)14(23(18(22)29)21-17(26)28-19(2,3)4)11-15(24)20-12-7-9-13(27-5)10-8-12/h7-10,14H,6,11H2,1-5H3,(H,20,24)(H,21,26). The van der Waals surface area contributed by atoms with E-state index in [-0.39, 0.29) is 17.4 Å². The van der Waals surface area contributed by atoms with Gasteiger partial charge in [0.05, 0.1) is 13.5 Å². The first-order chi connectivity index (χ1) is 13.6. The Morgan fingerprint density at radius 3 is 2.34 bits per heavy atom. The van der Waals surface area contributed by atoms with Gasteiger partial charge in [-0.3, -0.25) is 14.5 Å². The number of rotatable bonds is 6. The van der Waals surface area contributed by atoms with Crippen LogP contribution in [-0.4, -0.2) is 58.2 Å². The first-order valence-electron chi connectivity index (χ1n) is 9.13. The van der Waals surface area contributed by atoms with E-state index in [0.29, 0.717) is 18.0 Å². The number of amides is 3. The van der Waals surface area contributed by atoms with Crippen LogP contribution in [0.1, 0.15) is 34.1 Å². The summed E-state index contributed by atoms with van der Waals surface area (Å²) in [5.41, 5.74) is 2.32. The summed E-state index contributed by atoms with van der Waals surface area (Å²) in [7, 11) is 1.55. The number of carbonyl (C=O) groups is 3. The second-order valence-corrected chi connectivity index (χ2v) is 7.71. The second-order valence-electron chi connectivity index (χ2n) is 7.35. The largest absolute Gasteiger partial charge is 0.497 e. The maximum Gasteiger partial charge on any atom is 0.426 e. The van der Waals surface area contributed by atoms with Gasteiger partial charge >= 0.3 is 6.09 Å². The number of nitrogens with one attached hydrogen (secondary N) is 2. The lowest BCUT2D eigenvalue weighted by Crippen LogP contribution is -2.51. The van der Waals surface area contributed by atoms with Gasteiger partial charge in [0.1, 0.15) is 17.4 Å². The van der Waals surface area contributed by atoms with Gasteiger partial charge in [-0.05, 0) is 64.2 Å². The molecule has 0 aromatic heterocycles. The van der Waals surface area contributed by atoms with Crippen LogP contribution in [0.15, 0.2) is 24.3 Å². The van der Waals surface area contributed by atoms with E-state index >= 15 is 0 Å². The predicted octanol–water partition coefficient (Wildman–Crippen LogP) is 2.28. The summed E-state index contributed by atoms with van der Waals surface area (Å²) in [6.07, 6.45) is -0.955. The molecule has 9 nitrogen and oxygen atoms in total. The fraction of sp³-hybridized carbons (Fsp3) is 0.474. The third-order valence-corrected chi connectivity index (χ3v) is 4.40. The maximum atomic E-state index is 12.7. The Kier molecular flexibility index (Phi) is 7.02. The molecule has 0 saturated carbocycles. The van der Waals surface area contributed by atoms with Gasteiger partial charge in [-0.2, -0.15) is 0 Å².